The van der Waals surface area contributed by atoms with Crippen molar-refractivity contribution in [2.45, 2.75) is 19.9 Å². The quantitative estimate of drug-likeness (QED) is 0.835. The third-order valence-corrected chi connectivity index (χ3v) is 4.14. The molecule has 0 bridgehead atoms. The van der Waals surface area contributed by atoms with E-state index in [1.54, 1.807) is 0 Å². The van der Waals surface area contributed by atoms with Crippen molar-refractivity contribution in [1.82, 2.24) is 4.90 Å². The zero-order valence-electron chi connectivity index (χ0n) is 10.4. The topological polar surface area (TPSA) is 72.4 Å². The fraction of sp³-hybridized carbons (Fsp3) is 0.462. The molecule has 18 heavy (non-hydrogen) atoms. The van der Waals surface area contributed by atoms with Crippen LogP contribution in [-0.4, -0.2) is 23.9 Å². The molecule has 4 nitrogen and oxygen atoms in total. The number of carbonyl (C=O) groups excluding carboxylic acids is 1. The molecule has 1 unspecified atom stereocenters. The van der Waals surface area contributed by atoms with E-state index in [1.165, 1.54) is 0 Å². The van der Waals surface area contributed by atoms with Crippen LogP contribution in [0.2, 0.25) is 0 Å². The first-order chi connectivity index (χ1) is 8.40. The molecule has 0 saturated carbocycles. The number of nitrogens with zero attached hydrogens (tertiary/aromatic N) is 1. The van der Waals surface area contributed by atoms with E-state index >= 15 is 0 Å². The molecule has 2 rings (SSSR count). The number of amides is 1. The van der Waals surface area contributed by atoms with Crippen LogP contribution in [0.25, 0.3) is 0 Å². The zero-order valence-corrected chi connectivity index (χ0v) is 12.0. The molecule has 1 aromatic carbocycles. The normalized spacial score (nSPS) is 24.3. The summed E-state index contributed by atoms with van der Waals surface area (Å²) in [6, 6.07) is 5.90. The Bertz CT molecular complexity index is 477. The Kier molecular flexibility index (Phi) is 3.64. The molecule has 1 saturated heterocycles. The van der Waals surface area contributed by atoms with Gasteiger partial charge >= 0.3 is 0 Å². The lowest BCUT2D eigenvalue weighted by Crippen LogP contribution is -2.37. The highest BCUT2D eigenvalue weighted by Gasteiger charge is 2.38. The van der Waals surface area contributed by atoms with Crippen LogP contribution in [0.1, 0.15) is 18.9 Å². The molecular formula is C13H18BrN3O. The molecule has 5 heteroatoms. The third kappa shape index (κ3) is 2.67. The highest BCUT2D eigenvalue weighted by molar-refractivity contribution is 9.10. The van der Waals surface area contributed by atoms with Crippen molar-refractivity contribution in [1.29, 1.82) is 0 Å². The summed E-state index contributed by atoms with van der Waals surface area (Å²) in [5.74, 6) is -0.214. The summed E-state index contributed by atoms with van der Waals surface area (Å²) in [5.41, 5.74) is 12.9. The van der Waals surface area contributed by atoms with E-state index in [0.29, 0.717) is 6.54 Å². The summed E-state index contributed by atoms with van der Waals surface area (Å²) in [7, 11) is 0. The maximum Gasteiger partial charge on any atom is 0.224 e. The summed E-state index contributed by atoms with van der Waals surface area (Å²) >= 11 is 3.39. The van der Waals surface area contributed by atoms with Gasteiger partial charge in [-0.1, -0.05) is 22.0 Å². The van der Waals surface area contributed by atoms with Crippen molar-refractivity contribution < 1.29 is 4.79 Å². The molecule has 1 aliphatic rings. The van der Waals surface area contributed by atoms with Gasteiger partial charge in [-0.2, -0.15) is 0 Å². The van der Waals surface area contributed by atoms with Crippen molar-refractivity contribution in [3.63, 3.8) is 0 Å². The SMILES string of the molecule is CC1(C(N)=O)CCN(Cc2ccc(Br)cc2N)C1. The zero-order chi connectivity index (χ0) is 13.3. The first-order valence-electron chi connectivity index (χ1n) is 5.97. The minimum atomic E-state index is -0.399. The Hall–Kier alpha value is -1.07. The maximum absolute atomic E-state index is 11.4. The highest BCUT2D eigenvalue weighted by Crippen LogP contribution is 2.31. The van der Waals surface area contributed by atoms with Crippen LogP contribution in [0.15, 0.2) is 22.7 Å². The van der Waals surface area contributed by atoms with Gasteiger partial charge in [0.15, 0.2) is 0 Å². The number of rotatable bonds is 3. The van der Waals surface area contributed by atoms with E-state index in [4.69, 9.17) is 11.5 Å². The summed E-state index contributed by atoms with van der Waals surface area (Å²) < 4.78 is 0.979. The van der Waals surface area contributed by atoms with E-state index in [1.807, 2.05) is 25.1 Å². The van der Waals surface area contributed by atoms with Gasteiger partial charge in [-0.15, -0.1) is 0 Å². The molecule has 1 aliphatic heterocycles. The van der Waals surface area contributed by atoms with E-state index in [-0.39, 0.29) is 5.91 Å². The summed E-state index contributed by atoms with van der Waals surface area (Å²) in [6.07, 6.45) is 0.818. The molecule has 1 heterocycles. The van der Waals surface area contributed by atoms with E-state index in [9.17, 15) is 4.79 Å². The minimum absolute atomic E-state index is 0.214. The van der Waals surface area contributed by atoms with E-state index < -0.39 is 5.41 Å². The van der Waals surface area contributed by atoms with Gasteiger partial charge in [0, 0.05) is 23.2 Å². The molecule has 0 spiro atoms. The number of nitrogen functional groups attached to an aromatic ring is 1. The fourth-order valence-electron chi connectivity index (χ4n) is 2.34. The summed E-state index contributed by atoms with van der Waals surface area (Å²) in [6.45, 7) is 4.29. The molecule has 0 aliphatic carbocycles. The van der Waals surface area contributed by atoms with Crippen molar-refractivity contribution in [2.75, 3.05) is 18.8 Å². The fourth-order valence-corrected chi connectivity index (χ4v) is 2.72. The summed E-state index contributed by atoms with van der Waals surface area (Å²) in [4.78, 5) is 13.6. The lowest BCUT2D eigenvalue weighted by molar-refractivity contribution is -0.126. The van der Waals surface area contributed by atoms with Gasteiger partial charge in [-0.25, -0.2) is 0 Å². The van der Waals surface area contributed by atoms with E-state index in [0.717, 1.165) is 35.2 Å². The lowest BCUT2D eigenvalue weighted by atomic mass is 9.89. The van der Waals surface area contributed by atoms with Crippen LogP contribution in [0.5, 0.6) is 0 Å². The predicted molar refractivity (Wildman–Crippen MR) is 75.7 cm³/mol. The molecule has 0 radical (unpaired) electrons. The number of primary amides is 1. The third-order valence-electron chi connectivity index (χ3n) is 3.65. The van der Waals surface area contributed by atoms with Gasteiger partial charge in [0.2, 0.25) is 5.91 Å². The van der Waals surface area contributed by atoms with Gasteiger partial charge in [-0.3, -0.25) is 9.69 Å². The standard InChI is InChI=1S/C13H18BrN3O/c1-13(12(16)18)4-5-17(8-13)7-9-2-3-10(14)6-11(9)15/h2-3,6H,4-5,7-8,15H2,1H3,(H2,16,18). The van der Waals surface area contributed by atoms with Crippen molar-refractivity contribution >= 4 is 27.5 Å². The van der Waals surface area contributed by atoms with Gasteiger partial charge < -0.3 is 11.5 Å². The van der Waals surface area contributed by atoms with Crippen LogP contribution in [-0.2, 0) is 11.3 Å². The molecular weight excluding hydrogens is 294 g/mol. The van der Waals surface area contributed by atoms with Gasteiger partial charge in [0.25, 0.3) is 0 Å². The molecule has 1 atom stereocenters. The highest BCUT2D eigenvalue weighted by atomic mass is 79.9. The number of likely N-dealkylation sites (tertiary alicyclic amines) is 1. The molecule has 4 N–H and O–H groups in total. The largest absolute Gasteiger partial charge is 0.398 e. The number of hydrogen-bond donors (Lipinski definition) is 2. The van der Waals surface area contributed by atoms with Crippen molar-refractivity contribution in [2.24, 2.45) is 11.1 Å². The van der Waals surface area contributed by atoms with Crippen LogP contribution in [0.4, 0.5) is 5.69 Å². The number of anilines is 1. The van der Waals surface area contributed by atoms with Crippen LogP contribution < -0.4 is 11.5 Å². The van der Waals surface area contributed by atoms with Crippen LogP contribution in [0.3, 0.4) is 0 Å². The Morgan fingerprint density at radius 1 is 1.56 bits per heavy atom. The van der Waals surface area contributed by atoms with Crippen LogP contribution >= 0.6 is 15.9 Å². The Morgan fingerprint density at radius 3 is 2.83 bits per heavy atom. The van der Waals surface area contributed by atoms with Crippen molar-refractivity contribution in [3.05, 3.63) is 28.2 Å². The monoisotopic (exact) mass is 311 g/mol. The maximum atomic E-state index is 11.4. The van der Waals surface area contributed by atoms with Gasteiger partial charge in [0.05, 0.1) is 5.41 Å². The molecule has 1 amide bonds. The first kappa shape index (κ1) is 13.4. The average Bonchev–Trinajstić information content (AvgIpc) is 2.66. The Balaban J connectivity index is 2.06. The number of nitrogens with two attached hydrogens (primary N) is 2. The lowest BCUT2D eigenvalue weighted by Gasteiger charge is -2.21. The van der Waals surface area contributed by atoms with Gasteiger partial charge in [0.1, 0.15) is 0 Å². The van der Waals surface area contributed by atoms with Crippen molar-refractivity contribution in [3.8, 4) is 0 Å². The Labute approximate surface area is 115 Å². The molecule has 1 fully saturated rings. The van der Waals surface area contributed by atoms with Gasteiger partial charge in [-0.05, 0) is 37.6 Å². The number of benzene rings is 1. The first-order valence-corrected chi connectivity index (χ1v) is 6.76. The number of halogens is 1. The molecule has 1 aromatic rings. The van der Waals surface area contributed by atoms with Crippen LogP contribution in [0, 0.1) is 5.41 Å². The number of carbonyl (C=O) groups is 1. The smallest absolute Gasteiger partial charge is 0.224 e. The second-order valence-corrected chi connectivity index (χ2v) is 6.14. The predicted octanol–water partition coefficient (Wildman–Crippen LogP) is 1.73. The molecule has 98 valence electrons. The number of hydrogen-bond acceptors (Lipinski definition) is 3. The second-order valence-electron chi connectivity index (χ2n) is 5.23. The minimum Gasteiger partial charge on any atom is -0.398 e. The average molecular weight is 312 g/mol. The Morgan fingerprint density at radius 2 is 2.28 bits per heavy atom. The summed E-state index contributed by atoms with van der Waals surface area (Å²) in [5, 5.41) is 0. The van der Waals surface area contributed by atoms with E-state index in [2.05, 4.69) is 20.8 Å². The molecule has 0 aromatic heterocycles. The second kappa shape index (κ2) is 4.90.